The minimum absolute atomic E-state index is 0.216. The number of fused-ring (bicyclic) bond motifs is 1. The highest BCUT2D eigenvalue weighted by Crippen LogP contribution is 2.32. The molecule has 0 unspecified atom stereocenters. The monoisotopic (exact) mass is 424 g/mol. The van der Waals surface area contributed by atoms with Crippen molar-refractivity contribution in [1.29, 1.82) is 0 Å². The van der Waals surface area contributed by atoms with Gasteiger partial charge in [0.05, 0.1) is 5.56 Å². The first-order valence-electron chi connectivity index (χ1n) is 12.1. The molecule has 0 N–H and O–H groups in total. The first-order valence-corrected chi connectivity index (χ1v) is 12.1. The zero-order chi connectivity index (χ0) is 22.3. The van der Waals surface area contributed by atoms with Gasteiger partial charge in [0.25, 0.3) is 0 Å². The summed E-state index contributed by atoms with van der Waals surface area (Å²) < 4.78 is 15.1. The fraction of sp³-hybridized carbons (Fsp3) is 0.355. The second kappa shape index (κ2) is 10.6. The van der Waals surface area contributed by atoms with Gasteiger partial charge in [-0.3, -0.25) is 0 Å². The smallest absolute Gasteiger partial charge is 0.146 e. The molecule has 1 aliphatic rings. The van der Waals surface area contributed by atoms with Gasteiger partial charge in [-0.2, -0.15) is 0 Å². The summed E-state index contributed by atoms with van der Waals surface area (Å²) in [5.74, 6) is 7.46. The predicted octanol–water partition coefficient (Wildman–Crippen LogP) is 8.26. The van der Waals surface area contributed by atoms with Crippen molar-refractivity contribution in [2.24, 2.45) is 11.8 Å². The van der Waals surface area contributed by atoms with Crippen LogP contribution in [0, 0.1) is 29.5 Å². The SMILES string of the molecule is C=CC1CCC(CCc2ccc3c(F)c(C#Cc4ccc(CCC)cc4)ccc3c2)CC1. The lowest BCUT2D eigenvalue weighted by molar-refractivity contribution is 0.296. The van der Waals surface area contributed by atoms with Crippen LogP contribution in [0.25, 0.3) is 10.8 Å². The summed E-state index contributed by atoms with van der Waals surface area (Å²) in [6.45, 7) is 6.12. The van der Waals surface area contributed by atoms with Gasteiger partial charge in [-0.25, -0.2) is 4.39 Å². The van der Waals surface area contributed by atoms with E-state index in [0.29, 0.717) is 16.9 Å². The van der Waals surface area contributed by atoms with Gasteiger partial charge in [-0.15, -0.1) is 6.58 Å². The average molecular weight is 425 g/mol. The van der Waals surface area contributed by atoms with Crippen molar-refractivity contribution < 1.29 is 4.39 Å². The summed E-state index contributed by atoms with van der Waals surface area (Å²) in [6.07, 6.45) is 11.8. The van der Waals surface area contributed by atoms with Crippen LogP contribution in [0.5, 0.6) is 0 Å². The number of hydrogen-bond acceptors (Lipinski definition) is 0. The third-order valence-corrected chi connectivity index (χ3v) is 6.92. The van der Waals surface area contributed by atoms with Gasteiger partial charge in [0.15, 0.2) is 0 Å². The summed E-state index contributed by atoms with van der Waals surface area (Å²) in [5.41, 5.74) is 3.99. The molecule has 0 heterocycles. The van der Waals surface area contributed by atoms with E-state index in [1.165, 1.54) is 43.2 Å². The fourth-order valence-corrected chi connectivity index (χ4v) is 4.86. The predicted molar refractivity (Wildman–Crippen MR) is 134 cm³/mol. The largest absolute Gasteiger partial charge is 0.205 e. The van der Waals surface area contributed by atoms with Crippen LogP contribution in [0.2, 0.25) is 0 Å². The lowest BCUT2D eigenvalue weighted by Gasteiger charge is -2.26. The van der Waals surface area contributed by atoms with Crippen LogP contribution in [0.1, 0.15) is 67.7 Å². The highest BCUT2D eigenvalue weighted by Gasteiger charge is 2.19. The topological polar surface area (TPSA) is 0 Å². The molecule has 0 aliphatic heterocycles. The molecule has 3 aromatic carbocycles. The molecule has 1 fully saturated rings. The van der Waals surface area contributed by atoms with E-state index in [2.05, 4.69) is 55.7 Å². The molecule has 0 saturated heterocycles. The minimum Gasteiger partial charge on any atom is -0.205 e. The number of allylic oxidation sites excluding steroid dienone is 1. The van der Waals surface area contributed by atoms with E-state index in [4.69, 9.17) is 0 Å². The van der Waals surface area contributed by atoms with Crippen LogP contribution in [0.4, 0.5) is 4.39 Å². The molecule has 0 atom stereocenters. The van der Waals surface area contributed by atoms with Crippen LogP contribution < -0.4 is 0 Å². The lowest BCUT2D eigenvalue weighted by Crippen LogP contribution is -2.13. The Balaban J connectivity index is 1.44. The molecule has 1 heteroatoms. The van der Waals surface area contributed by atoms with E-state index >= 15 is 4.39 Å². The number of halogens is 1. The number of aryl methyl sites for hydroxylation is 2. The maximum Gasteiger partial charge on any atom is 0.146 e. The molecule has 0 nitrogen and oxygen atoms in total. The van der Waals surface area contributed by atoms with Gasteiger partial charge < -0.3 is 0 Å². The summed E-state index contributed by atoms with van der Waals surface area (Å²) in [5, 5.41) is 1.62. The molecule has 0 radical (unpaired) electrons. The fourth-order valence-electron chi connectivity index (χ4n) is 4.86. The maximum absolute atomic E-state index is 15.1. The molecule has 0 amide bonds. The molecule has 1 aliphatic carbocycles. The van der Waals surface area contributed by atoms with Gasteiger partial charge >= 0.3 is 0 Å². The molecule has 4 rings (SSSR count). The molecular weight excluding hydrogens is 391 g/mol. The first-order chi connectivity index (χ1) is 15.7. The average Bonchev–Trinajstić information content (AvgIpc) is 2.84. The van der Waals surface area contributed by atoms with Crippen molar-refractivity contribution in [2.45, 2.75) is 58.3 Å². The van der Waals surface area contributed by atoms with Crippen molar-refractivity contribution in [1.82, 2.24) is 0 Å². The number of hydrogen-bond donors (Lipinski definition) is 0. The molecule has 0 spiro atoms. The second-order valence-corrected chi connectivity index (χ2v) is 9.23. The minimum atomic E-state index is -0.216. The van der Waals surface area contributed by atoms with E-state index in [1.54, 1.807) is 0 Å². The molecule has 0 aromatic heterocycles. The van der Waals surface area contributed by atoms with Crippen molar-refractivity contribution >= 4 is 10.8 Å². The van der Waals surface area contributed by atoms with E-state index in [0.717, 1.165) is 36.1 Å². The Morgan fingerprint density at radius 2 is 1.66 bits per heavy atom. The van der Waals surface area contributed by atoms with Gasteiger partial charge in [-0.1, -0.05) is 67.7 Å². The van der Waals surface area contributed by atoms with Crippen LogP contribution in [0.3, 0.4) is 0 Å². The molecular formula is C31H33F. The first kappa shape index (κ1) is 22.3. The standard InChI is InChI=1S/C31H33F/c1-3-5-24-10-12-26(13-11-24)16-18-28-19-20-29-22-27(17-21-30(29)31(28)32)15-14-25-8-6-23(4-2)7-9-25/h4,10-13,17,19-23,25H,2-3,5-9,14-15H2,1H3. The Kier molecular flexibility index (Phi) is 7.43. The molecule has 3 aromatic rings. The Morgan fingerprint density at radius 1 is 0.906 bits per heavy atom. The van der Waals surface area contributed by atoms with Gasteiger partial charge in [-0.05, 0) is 91.5 Å². The van der Waals surface area contributed by atoms with Crippen LogP contribution in [-0.4, -0.2) is 0 Å². The molecule has 0 bridgehead atoms. The number of rotatable bonds is 6. The second-order valence-electron chi connectivity index (χ2n) is 9.23. The van der Waals surface area contributed by atoms with Crippen molar-refractivity contribution in [3.8, 4) is 11.8 Å². The summed E-state index contributed by atoms with van der Waals surface area (Å²) >= 11 is 0. The van der Waals surface area contributed by atoms with Gasteiger partial charge in [0.2, 0.25) is 0 Å². The summed E-state index contributed by atoms with van der Waals surface area (Å²) in [6, 6.07) is 18.2. The lowest BCUT2D eigenvalue weighted by atomic mass is 9.79. The van der Waals surface area contributed by atoms with Crippen molar-refractivity contribution in [3.63, 3.8) is 0 Å². The van der Waals surface area contributed by atoms with E-state index in [-0.39, 0.29) is 5.82 Å². The molecule has 1 saturated carbocycles. The van der Waals surface area contributed by atoms with Gasteiger partial charge in [0.1, 0.15) is 5.82 Å². The van der Waals surface area contributed by atoms with E-state index < -0.39 is 0 Å². The third-order valence-electron chi connectivity index (χ3n) is 6.92. The number of benzene rings is 3. The Hall–Kier alpha value is -2.85. The quantitative estimate of drug-likeness (QED) is 0.276. The zero-order valence-electron chi connectivity index (χ0n) is 19.2. The van der Waals surface area contributed by atoms with Crippen LogP contribution in [-0.2, 0) is 12.8 Å². The highest BCUT2D eigenvalue weighted by molar-refractivity contribution is 5.85. The Bertz CT molecular complexity index is 1120. The highest BCUT2D eigenvalue weighted by atomic mass is 19.1. The van der Waals surface area contributed by atoms with Crippen LogP contribution >= 0.6 is 0 Å². The van der Waals surface area contributed by atoms with Crippen molar-refractivity contribution in [3.05, 3.63) is 95.3 Å². The Labute approximate surface area is 192 Å². The third kappa shape index (κ3) is 5.49. The van der Waals surface area contributed by atoms with Crippen LogP contribution in [0.15, 0.2) is 67.3 Å². The molecule has 164 valence electrons. The van der Waals surface area contributed by atoms with Gasteiger partial charge in [0, 0.05) is 10.9 Å². The molecule has 32 heavy (non-hydrogen) atoms. The summed E-state index contributed by atoms with van der Waals surface area (Å²) in [4.78, 5) is 0. The normalized spacial score (nSPS) is 18.2. The summed E-state index contributed by atoms with van der Waals surface area (Å²) in [7, 11) is 0. The maximum atomic E-state index is 15.1. The van der Waals surface area contributed by atoms with Crippen molar-refractivity contribution in [2.75, 3.05) is 0 Å². The van der Waals surface area contributed by atoms with E-state index in [9.17, 15) is 0 Å². The Morgan fingerprint density at radius 3 is 2.38 bits per heavy atom. The zero-order valence-corrected chi connectivity index (χ0v) is 19.2. The van der Waals surface area contributed by atoms with E-state index in [1.807, 2.05) is 30.3 Å².